The first kappa shape index (κ1) is 14.5. The largest absolute Gasteiger partial charge is 0.343 e. The molecule has 2 unspecified atom stereocenters. The predicted octanol–water partition coefficient (Wildman–Crippen LogP) is 1.78. The van der Waals surface area contributed by atoms with E-state index in [9.17, 15) is 4.79 Å². The molecule has 21 heavy (non-hydrogen) atoms. The molecule has 2 fully saturated rings. The Balaban J connectivity index is 1.75. The lowest BCUT2D eigenvalue weighted by molar-refractivity contribution is -0.128. The lowest BCUT2D eigenvalue weighted by Crippen LogP contribution is -2.48. The molecule has 2 saturated carbocycles. The quantitative estimate of drug-likeness (QED) is 0.885. The van der Waals surface area contributed by atoms with Gasteiger partial charge in [0.1, 0.15) is 5.54 Å². The predicted molar refractivity (Wildman–Crippen MR) is 77.3 cm³/mol. The van der Waals surface area contributed by atoms with Gasteiger partial charge in [-0.15, -0.1) is 0 Å². The van der Waals surface area contributed by atoms with E-state index in [1.54, 1.807) is 6.92 Å². The number of rotatable bonds is 3. The summed E-state index contributed by atoms with van der Waals surface area (Å²) in [5, 5.41) is 7.29. The maximum atomic E-state index is 12.6. The Bertz CT molecular complexity index is 508. The normalized spacial score (nSPS) is 28.5. The van der Waals surface area contributed by atoms with E-state index in [2.05, 4.69) is 15.5 Å². The summed E-state index contributed by atoms with van der Waals surface area (Å²) >= 11 is 0. The Labute approximate surface area is 124 Å². The standard InChI is InChI=1S/C15H24N4O2/c1-10-17-14(19-21-10)15(7-2-3-8-15)18-13(20)11-5-4-6-12(16)9-11/h11-12H,2-9,16H2,1H3,(H,18,20). The minimum atomic E-state index is -0.434. The molecule has 1 aromatic rings. The van der Waals surface area contributed by atoms with Crippen LogP contribution in [0.2, 0.25) is 0 Å². The first-order valence-corrected chi connectivity index (χ1v) is 7.97. The molecule has 0 radical (unpaired) electrons. The summed E-state index contributed by atoms with van der Waals surface area (Å²) in [5.41, 5.74) is 5.56. The molecule has 1 amide bonds. The van der Waals surface area contributed by atoms with Gasteiger partial charge in [-0.1, -0.05) is 24.4 Å². The van der Waals surface area contributed by atoms with Gasteiger partial charge in [0.15, 0.2) is 5.82 Å². The van der Waals surface area contributed by atoms with Gasteiger partial charge in [0, 0.05) is 18.9 Å². The third-order valence-electron chi connectivity index (χ3n) is 4.86. The molecule has 0 aromatic carbocycles. The summed E-state index contributed by atoms with van der Waals surface area (Å²) in [6, 6.07) is 0.154. The van der Waals surface area contributed by atoms with E-state index in [0.29, 0.717) is 11.7 Å². The molecule has 2 aliphatic carbocycles. The summed E-state index contributed by atoms with van der Waals surface area (Å²) in [7, 11) is 0. The van der Waals surface area contributed by atoms with Crippen molar-refractivity contribution >= 4 is 5.91 Å². The van der Waals surface area contributed by atoms with Crippen LogP contribution in [0.15, 0.2) is 4.52 Å². The molecule has 2 atom stereocenters. The van der Waals surface area contributed by atoms with E-state index in [4.69, 9.17) is 10.3 Å². The third-order valence-corrected chi connectivity index (χ3v) is 4.86. The van der Waals surface area contributed by atoms with E-state index in [-0.39, 0.29) is 17.9 Å². The van der Waals surface area contributed by atoms with Crippen molar-refractivity contribution in [3.05, 3.63) is 11.7 Å². The second kappa shape index (κ2) is 5.75. The van der Waals surface area contributed by atoms with Crippen molar-refractivity contribution in [2.24, 2.45) is 11.7 Å². The summed E-state index contributed by atoms with van der Waals surface area (Å²) in [6.07, 6.45) is 7.71. The summed E-state index contributed by atoms with van der Waals surface area (Å²) < 4.78 is 5.11. The minimum Gasteiger partial charge on any atom is -0.343 e. The molecule has 116 valence electrons. The first-order valence-electron chi connectivity index (χ1n) is 7.97. The molecule has 0 aliphatic heterocycles. The van der Waals surface area contributed by atoms with Crippen molar-refractivity contribution in [1.82, 2.24) is 15.5 Å². The molecule has 6 nitrogen and oxygen atoms in total. The molecule has 0 spiro atoms. The van der Waals surface area contributed by atoms with Gasteiger partial charge in [-0.2, -0.15) is 4.98 Å². The second-order valence-corrected chi connectivity index (χ2v) is 6.54. The van der Waals surface area contributed by atoms with Crippen LogP contribution in [0.4, 0.5) is 0 Å². The smallest absolute Gasteiger partial charge is 0.223 e. The zero-order valence-corrected chi connectivity index (χ0v) is 12.6. The minimum absolute atomic E-state index is 0.0271. The molecular formula is C15H24N4O2. The number of carbonyl (C=O) groups is 1. The molecule has 0 bridgehead atoms. The highest BCUT2D eigenvalue weighted by molar-refractivity contribution is 5.79. The summed E-state index contributed by atoms with van der Waals surface area (Å²) in [5.74, 6) is 1.31. The van der Waals surface area contributed by atoms with Gasteiger partial charge in [0.05, 0.1) is 0 Å². The molecule has 1 heterocycles. The lowest BCUT2D eigenvalue weighted by Gasteiger charge is -2.32. The molecule has 1 aromatic heterocycles. The zero-order valence-electron chi connectivity index (χ0n) is 12.6. The maximum Gasteiger partial charge on any atom is 0.223 e. The van der Waals surface area contributed by atoms with Gasteiger partial charge in [-0.25, -0.2) is 0 Å². The summed E-state index contributed by atoms with van der Waals surface area (Å²) in [4.78, 5) is 17.0. The third kappa shape index (κ3) is 2.95. The van der Waals surface area contributed by atoms with E-state index in [1.165, 1.54) is 0 Å². The van der Waals surface area contributed by atoms with Gasteiger partial charge in [0.2, 0.25) is 11.8 Å². The van der Waals surface area contributed by atoms with Gasteiger partial charge < -0.3 is 15.6 Å². The van der Waals surface area contributed by atoms with Crippen LogP contribution in [-0.4, -0.2) is 22.1 Å². The first-order chi connectivity index (χ1) is 10.1. The number of amides is 1. The number of nitrogens with two attached hydrogens (primary N) is 1. The van der Waals surface area contributed by atoms with Crippen molar-refractivity contribution < 1.29 is 9.32 Å². The van der Waals surface area contributed by atoms with Crippen LogP contribution in [0.1, 0.15) is 63.1 Å². The van der Waals surface area contributed by atoms with Crippen molar-refractivity contribution in [2.45, 2.75) is 69.9 Å². The molecule has 0 saturated heterocycles. The van der Waals surface area contributed by atoms with Crippen molar-refractivity contribution in [2.75, 3.05) is 0 Å². The number of aromatic nitrogens is 2. The molecule has 2 aliphatic rings. The second-order valence-electron chi connectivity index (χ2n) is 6.54. The number of nitrogens with one attached hydrogen (secondary N) is 1. The summed E-state index contributed by atoms with van der Waals surface area (Å²) in [6.45, 7) is 1.78. The SMILES string of the molecule is Cc1nc(C2(NC(=O)C3CCCC(N)C3)CCCC2)no1. The van der Waals surface area contributed by atoms with Crippen molar-refractivity contribution in [1.29, 1.82) is 0 Å². The van der Waals surface area contributed by atoms with Gasteiger partial charge in [-0.05, 0) is 32.1 Å². The van der Waals surface area contributed by atoms with Gasteiger partial charge >= 0.3 is 0 Å². The van der Waals surface area contributed by atoms with Crippen LogP contribution in [0.25, 0.3) is 0 Å². The van der Waals surface area contributed by atoms with Crippen LogP contribution in [-0.2, 0) is 10.3 Å². The van der Waals surface area contributed by atoms with E-state index < -0.39 is 5.54 Å². The Morgan fingerprint density at radius 2 is 2.10 bits per heavy atom. The monoisotopic (exact) mass is 292 g/mol. The number of hydrogen-bond donors (Lipinski definition) is 2. The highest BCUT2D eigenvalue weighted by Crippen LogP contribution is 2.38. The van der Waals surface area contributed by atoms with E-state index in [1.807, 2.05) is 0 Å². The molecule has 3 rings (SSSR count). The maximum absolute atomic E-state index is 12.6. The fourth-order valence-electron chi connectivity index (χ4n) is 3.68. The average molecular weight is 292 g/mol. The Hall–Kier alpha value is -1.43. The number of aryl methyl sites for hydroxylation is 1. The highest BCUT2D eigenvalue weighted by Gasteiger charge is 2.42. The number of nitrogens with zero attached hydrogens (tertiary/aromatic N) is 2. The molecular weight excluding hydrogens is 268 g/mol. The average Bonchev–Trinajstić information content (AvgIpc) is 3.09. The Morgan fingerprint density at radius 3 is 2.71 bits per heavy atom. The lowest BCUT2D eigenvalue weighted by atomic mass is 9.84. The van der Waals surface area contributed by atoms with E-state index in [0.717, 1.165) is 51.4 Å². The van der Waals surface area contributed by atoms with Gasteiger partial charge in [-0.3, -0.25) is 4.79 Å². The fraction of sp³-hybridized carbons (Fsp3) is 0.800. The molecule has 3 N–H and O–H groups in total. The van der Waals surface area contributed by atoms with Crippen LogP contribution in [0.5, 0.6) is 0 Å². The Kier molecular flexibility index (Phi) is 3.97. The van der Waals surface area contributed by atoms with E-state index >= 15 is 0 Å². The fourth-order valence-corrected chi connectivity index (χ4v) is 3.68. The zero-order chi connectivity index (χ0) is 14.9. The number of carbonyl (C=O) groups excluding carboxylic acids is 1. The van der Waals surface area contributed by atoms with Crippen molar-refractivity contribution in [3.8, 4) is 0 Å². The topological polar surface area (TPSA) is 94.0 Å². The van der Waals surface area contributed by atoms with Gasteiger partial charge in [0.25, 0.3) is 0 Å². The highest BCUT2D eigenvalue weighted by atomic mass is 16.5. The van der Waals surface area contributed by atoms with Crippen LogP contribution in [0, 0.1) is 12.8 Å². The Morgan fingerprint density at radius 1 is 1.33 bits per heavy atom. The van der Waals surface area contributed by atoms with Crippen LogP contribution in [0.3, 0.4) is 0 Å². The van der Waals surface area contributed by atoms with Crippen molar-refractivity contribution in [3.63, 3.8) is 0 Å². The number of hydrogen-bond acceptors (Lipinski definition) is 5. The van der Waals surface area contributed by atoms with Crippen LogP contribution < -0.4 is 11.1 Å². The molecule has 6 heteroatoms. The van der Waals surface area contributed by atoms with Crippen LogP contribution >= 0.6 is 0 Å².